The quantitative estimate of drug-likeness (QED) is 0.857. The lowest BCUT2D eigenvalue weighted by atomic mass is 10.1. The van der Waals surface area contributed by atoms with Gasteiger partial charge in [0.25, 0.3) is 0 Å². The number of hydrogen-bond donors (Lipinski definition) is 1. The zero-order chi connectivity index (χ0) is 17.0. The highest BCUT2D eigenvalue weighted by Crippen LogP contribution is 2.28. The van der Waals surface area contributed by atoms with Crippen LogP contribution in [0.5, 0.6) is 0 Å². The van der Waals surface area contributed by atoms with E-state index < -0.39 is 10.0 Å². The fourth-order valence-electron chi connectivity index (χ4n) is 3.13. The van der Waals surface area contributed by atoms with Gasteiger partial charge >= 0.3 is 0 Å². The first kappa shape index (κ1) is 17.9. The molecule has 1 N–H and O–H groups in total. The summed E-state index contributed by atoms with van der Waals surface area (Å²) in [5.74, 6) is -0.214. The van der Waals surface area contributed by atoms with Crippen molar-refractivity contribution in [3.05, 3.63) is 23.8 Å². The van der Waals surface area contributed by atoms with Crippen molar-refractivity contribution in [3.63, 3.8) is 0 Å². The molecule has 23 heavy (non-hydrogen) atoms. The Kier molecular flexibility index (Phi) is 5.81. The van der Waals surface area contributed by atoms with E-state index in [2.05, 4.69) is 5.32 Å². The van der Waals surface area contributed by atoms with Gasteiger partial charge in [0, 0.05) is 25.7 Å². The number of rotatable bonds is 4. The number of benzene rings is 1. The Morgan fingerprint density at radius 3 is 2.35 bits per heavy atom. The molecule has 1 amide bonds. The summed E-state index contributed by atoms with van der Waals surface area (Å²) in [7, 11) is -1.89. The minimum absolute atomic E-state index is 0.0614. The fraction of sp³-hybridized carbons (Fsp3) is 0.588. The molecular formula is C17H26N2O3S. The molecule has 0 spiro atoms. The molecule has 5 nitrogen and oxygen atoms in total. The van der Waals surface area contributed by atoms with E-state index in [-0.39, 0.29) is 16.8 Å². The average molecular weight is 338 g/mol. The van der Waals surface area contributed by atoms with Crippen molar-refractivity contribution in [2.24, 2.45) is 0 Å². The van der Waals surface area contributed by atoms with Crippen molar-refractivity contribution >= 4 is 21.6 Å². The molecule has 0 bridgehead atoms. The Bertz CT molecular complexity index is 662. The van der Waals surface area contributed by atoms with Gasteiger partial charge in [0.2, 0.25) is 15.9 Å². The van der Waals surface area contributed by atoms with E-state index >= 15 is 0 Å². The second-order valence-electron chi connectivity index (χ2n) is 6.33. The zero-order valence-corrected chi connectivity index (χ0v) is 14.9. The van der Waals surface area contributed by atoms with Crippen molar-refractivity contribution in [2.75, 3.05) is 12.4 Å². The van der Waals surface area contributed by atoms with Crippen LogP contribution in [-0.2, 0) is 14.8 Å². The maximum absolute atomic E-state index is 13.0. The lowest BCUT2D eigenvalue weighted by Crippen LogP contribution is -2.37. The minimum atomic E-state index is -3.56. The molecule has 0 unspecified atom stereocenters. The standard InChI is InChI=1S/C17H26N2O3S/c1-13-10-11-15(18-14(2)20)12-17(13)23(21,22)19(3)16-8-6-4-5-7-9-16/h10-12,16H,4-9H2,1-3H3,(H,18,20). The lowest BCUT2D eigenvalue weighted by molar-refractivity contribution is -0.114. The first-order chi connectivity index (χ1) is 10.8. The highest BCUT2D eigenvalue weighted by atomic mass is 32.2. The van der Waals surface area contributed by atoms with Crippen molar-refractivity contribution < 1.29 is 13.2 Å². The molecule has 0 radical (unpaired) electrons. The topological polar surface area (TPSA) is 66.5 Å². The second kappa shape index (κ2) is 7.45. The number of sulfonamides is 1. The largest absolute Gasteiger partial charge is 0.326 e. The van der Waals surface area contributed by atoms with Crippen molar-refractivity contribution in [1.29, 1.82) is 0 Å². The maximum atomic E-state index is 13.0. The average Bonchev–Trinajstić information content (AvgIpc) is 2.76. The molecule has 0 aliphatic heterocycles. The van der Waals surface area contributed by atoms with Crippen LogP contribution in [0, 0.1) is 6.92 Å². The second-order valence-corrected chi connectivity index (χ2v) is 8.29. The first-order valence-electron chi connectivity index (χ1n) is 8.18. The molecule has 2 rings (SSSR count). The summed E-state index contributed by atoms with van der Waals surface area (Å²) in [6, 6.07) is 5.08. The molecule has 1 aliphatic carbocycles. The van der Waals surface area contributed by atoms with E-state index in [0.717, 1.165) is 25.7 Å². The molecule has 1 fully saturated rings. The molecule has 1 saturated carbocycles. The van der Waals surface area contributed by atoms with Crippen LogP contribution in [0.3, 0.4) is 0 Å². The number of hydrogen-bond acceptors (Lipinski definition) is 3. The van der Waals surface area contributed by atoms with Gasteiger partial charge in [0.05, 0.1) is 4.90 Å². The zero-order valence-electron chi connectivity index (χ0n) is 14.1. The Morgan fingerprint density at radius 1 is 1.17 bits per heavy atom. The van der Waals surface area contributed by atoms with Crippen LogP contribution in [-0.4, -0.2) is 31.7 Å². The van der Waals surface area contributed by atoms with E-state index in [1.807, 2.05) is 0 Å². The van der Waals surface area contributed by atoms with Gasteiger partial charge in [-0.15, -0.1) is 0 Å². The molecule has 6 heteroatoms. The van der Waals surface area contributed by atoms with Crippen LogP contribution in [0.4, 0.5) is 5.69 Å². The van der Waals surface area contributed by atoms with Crippen LogP contribution in [0.15, 0.2) is 23.1 Å². The van der Waals surface area contributed by atoms with E-state index in [0.29, 0.717) is 11.3 Å². The highest BCUT2D eigenvalue weighted by Gasteiger charge is 2.29. The number of nitrogens with zero attached hydrogens (tertiary/aromatic N) is 1. The number of carbonyl (C=O) groups excluding carboxylic acids is 1. The van der Waals surface area contributed by atoms with Crippen LogP contribution in [0.1, 0.15) is 51.0 Å². The van der Waals surface area contributed by atoms with Crippen molar-refractivity contribution in [1.82, 2.24) is 4.31 Å². The third kappa shape index (κ3) is 4.32. The summed E-state index contributed by atoms with van der Waals surface area (Å²) in [6.07, 6.45) is 6.36. The van der Waals surface area contributed by atoms with Gasteiger partial charge in [-0.25, -0.2) is 8.42 Å². The number of aryl methyl sites for hydroxylation is 1. The summed E-state index contributed by atoms with van der Waals surface area (Å²) in [6.45, 7) is 3.19. The first-order valence-corrected chi connectivity index (χ1v) is 9.62. The molecule has 0 heterocycles. The summed E-state index contributed by atoms with van der Waals surface area (Å²) in [5, 5.41) is 2.65. The van der Waals surface area contributed by atoms with Gasteiger partial charge in [0.15, 0.2) is 0 Å². The van der Waals surface area contributed by atoms with Gasteiger partial charge in [-0.2, -0.15) is 4.31 Å². The molecule has 0 saturated heterocycles. The number of amides is 1. The van der Waals surface area contributed by atoms with Crippen LogP contribution in [0.2, 0.25) is 0 Å². The Labute approximate surface area is 139 Å². The monoisotopic (exact) mass is 338 g/mol. The number of anilines is 1. The predicted octanol–water partition coefficient (Wildman–Crippen LogP) is 3.30. The van der Waals surface area contributed by atoms with Gasteiger partial charge in [0.1, 0.15) is 0 Å². The van der Waals surface area contributed by atoms with E-state index in [1.165, 1.54) is 24.1 Å². The fourth-order valence-corrected chi connectivity index (χ4v) is 4.80. The molecule has 0 aromatic heterocycles. The molecular weight excluding hydrogens is 312 g/mol. The van der Waals surface area contributed by atoms with E-state index in [1.54, 1.807) is 32.2 Å². The third-order valence-corrected chi connectivity index (χ3v) is 6.56. The summed E-state index contributed by atoms with van der Waals surface area (Å²) >= 11 is 0. The Hall–Kier alpha value is -1.40. The highest BCUT2D eigenvalue weighted by molar-refractivity contribution is 7.89. The lowest BCUT2D eigenvalue weighted by Gasteiger charge is -2.27. The van der Waals surface area contributed by atoms with Gasteiger partial charge < -0.3 is 5.32 Å². The van der Waals surface area contributed by atoms with Crippen LogP contribution >= 0.6 is 0 Å². The number of carbonyl (C=O) groups is 1. The van der Waals surface area contributed by atoms with Gasteiger partial charge in [-0.3, -0.25) is 4.79 Å². The molecule has 128 valence electrons. The molecule has 1 aromatic rings. The minimum Gasteiger partial charge on any atom is -0.326 e. The van der Waals surface area contributed by atoms with Crippen molar-refractivity contribution in [2.45, 2.75) is 63.3 Å². The van der Waals surface area contributed by atoms with E-state index in [4.69, 9.17) is 0 Å². The summed E-state index contributed by atoms with van der Waals surface area (Å²) in [5.41, 5.74) is 1.20. The van der Waals surface area contributed by atoms with Crippen LogP contribution < -0.4 is 5.32 Å². The van der Waals surface area contributed by atoms with Crippen molar-refractivity contribution in [3.8, 4) is 0 Å². The molecule has 1 aromatic carbocycles. The van der Waals surface area contributed by atoms with Gasteiger partial charge in [-0.1, -0.05) is 31.7 Å². The third-order valence-electron chi connectivity index (χ3n) is 4.50. The SMILES string of the molecule is CC(=O)Nc1ccc(C)c(S(=O)(=O)N(C)C2CCCCCC2)c1. The smallest absolute Gasteiger partial charge is 0.243 e. The summed E-state index contributed by atoms with van der Waals surface area (Å²) in [4.78, 5) is 11.5. The maximum Gasteiger partial charge on any atom is 0.243 e. The summed E-state index contributed by atoms with van der Waals surface area (Å²) < 4.78 is 27.6. The molecule has 1 aliphatic rings. The van der Waals surface area contributed by atoms with E-state index in [9.17, 15) is 13.2 Å². The Morgan fingerprint density at radius 2 is 1.78 bits per heavy atom. The molecule has 0 atom stereocenters. The predicted molar refractivity (Wildman–Crippen MR) is 91.9 cm³/mol. The van der Waals surface area contributed by atoms with Gasteiger partial charge in [-0.05, 0) is 37.5 Å². The van der Waals surface area contributed by atoms with Crippen LogP contribution in [0.25, 0.3) is 0 Å². The number of nitrogens with one attached hydrogen (secondary N) is 1. The normalized spacial score (nSPS) is 17.0. The Balaban J connectivity index is 2.32.